The van der Waals surface area contributed by atoms with Crippen LogP contribution in [0.4, 0.5) is 5.69 Å². The molecule has 2 aromatic rings. The molecule has 2 aromatic carbocycles. The van der Waals surface area contributed by atoms with E-state index in [4.69, 9.17) is 5.73 Å². The molecular weight excluding hydrogens is 452 g/mol. The first-order valence-electron chi connectivity index (χ1n) is 12.7. The zero-order valence-corrected chi connectivity index (χ0v) is 21.7. The lowest BCUT2D eigenvalue weighted by Crippen LogP contribution is -2.38. The van der Waals surface area contributed by atoms with Crippen molar-refractivity contribution >= 4 is 29.4 Å². The number of benzene rings is 2. The number of aliphatic imine (C=N–C) groups is 1. The highest BCUT2D eigenvalue weighted by atomic mass is 16.3. The standard InChI is InChI=1S/C29H36N4O3/c1-5-11-32(12-6-2)27(34)22-14-21-8-7-20(15-25(21)31-26(30)16-22)19-9-10-24-23(13-19)17-33(28(24)35)18-29(3,4)36/h7-10,13-15,36H,5-6,11-12,16-18H2,1-4H3,(H2,30,31). The van der Waals surface area contributed by atoms with Crippen molar-refractivity contribution in [2.75, 3.05) is 19.6 Å². The summed E-state index contributed by atoms with van der Waals surface area (Å²) >= 11 is 0. The van der Waals surface area contributed by atoms with Crippen molar-refractivity contribution in [3.63, 3.8) is 0 Å². The maximum atomic E-state index is 13.2. The molecule has 0 unspecified atom stereocenters. The Morgan fingerprint density at radius 2 is 1.78 bits per heavy atom. The lowest BCUT2D eigenvalue weighted by Gasteiger charge is -2.24. The lowest BCUT2D eigenvalue weighted by atomic mass is 9.98. The molecule has 0 atom stereocenters. The number of carbonyl (C=O) groups excluding carboxylic acids is 2. The van der Waals surface area contributed by atoms with E-state index in [-0.39, 0.29) is 18.4 Å². The first-order valence-corrected chi connectivity index (χ1v) is 12.7. The number of rotatable bonds is 8. The number of amides is 2. The van der Waals surface area contributed by atoms with Crippen LogP contribution in [0.15, 0.2) is 47.0 Å². The molecule has 2 amide bonds. The first kappa shape index (κ1) is 25.6. The van der Waals surface area contributed by atoms with Crippen LogP contribution in [0.25, 0.3) is 17.2 Å². The average molecular weight is 489 g/mol. The Balaban J connectivity index is 1.63. The number of carbonyl (C=O) groups is 2. The maximum Gasteiger partial charge on any atom is 0.254 e. The number of hydrogen-bond acceptors (Lipinski definition) is 5. The predicted octanol–water partition coefficient (Wildman–Crippen LogP) is 4.50. The minimum Gasteiger partial charge on any atom is -0.389 e. The molecule has 36 heavy (non-hydrogen) atoms. The van der Waals surface area contributed by atoms with Gasteiger partial charge in [0.2, 0.25) is 5.91 Å². The van der Waals surface area contributed by atoms with Crippen molar-refractivity contribution in [2.24, 2.45) is 10.7 Å². The third-order valence-electron chi connectivity index (χ3n) is 6.44. The highest BCUT2D eigenvalue weighted by Gasteiger charge is 2.31. The topological polar surface area (TPSA) is 99.2 Å². The third kappa shape index (κ3) is 5.51. The fraction of sp³-hybridized carbons (Fsp3) is 0.414. The molecule has 0 aliphatic carbocycles. The molecule has 0 spiro atoms. The van der Waals surface area contributed by atoms with Gasteiger partial charge in [0, 0.05) is 49.3 Å². The van der Waals surface area contributed by atoms with Gasteiger partial charge >= 0.3 is 0 Å². The number of fused-ring (bicyclic) bond motifs is 2. The number of nitrogens with two attached hydrogens (primary N) is 1. The Bertz CT molecular complexity index is 1230. The summed E-state index contributed by atoms with van der Waals surface area (Å²) in [5.41, 5.74) is 11.1. The summed E-state index contributed by atoms with van der Waals surface area (Å²) in [6.45, 7) is 9.76. The number of β-amino-alcohol motifs (C(OH)–C–C–N with tert-alkyl or cyclic N) is 1. The second-order valence-electron chi connectivity index (χ2n) is 10.4. The molecule has 7 heteroatoms. The van der Waals surface area contributed by atoms with Crippen LogP contribution >= 0.6 is 0 Å². The van der Waals surface area contributed by atoms with Gasteiger partial charge in [-0.2, -0.15) is 0 Å². The molecule has 2 aliphatic heterocycles. The minimum absolute atomic E-state index is 0.0210. The number of aliphatic hydroxyl groups is 1. The van der Waals surface area contributed by atoms with Gasteiger partial charge in [-0.15, -0.1) is 0 Å². The van der Waals surface area contributed by atoms with Crippen molar-refractivity contribution in [2.45, 2.75) is 59.1 Å². The average Bonchev–Trinajstić information content (AvgIpc) is 3.00. The van der Waals surface area contributed by atoms with Crippen LogP contribution in [-0.2, 0) is 11.3 Å². The van der Waals surface area contributed by atoms with Crippen LogP contribution in [0.1, 0.15) is 68.4 Å². The van der Waals surface area contributed by atoms with E-state index < -0.39 is 5.60 Å². The van der Waals surface area contributed by atoms with Crippen molar-refractivity contribution in [1.82, 2.24) is 9.80 Å². The van der Waals surface area contributed by atoms with Gasteiger partial charge in [0.1, 0.15) is 5.84 Å². The summed E-state index contributed by atoms with van der Waals surface area (Å²) in [5.74, 6) is 0.383. The maximum absolute atomic E-state index is 13.2. The monoisotopic (exact) mass is 488 g/mol. The molecule has 0 radical (unpaired) electrons. The molecule has 0 bridgehead atoms. The SMILES string of the molecule is CCCN(CCC)C(=O)C1=Cc2ccc(-c3ccc4c(c3)CN(CC(C)(C)O)C4=O)cc2N=C(N)C1. The largest absolute Gasteiger partial charge is 0.389 e. The van der Waals surface area contributed by atoms with Gasteiger partial charge in [-0.1, -0.05) is 32.0 Å². The number of hydrogen-bond donors (Lipinski definition) is 2. The zero-order valence-electron chi connectivity index (χ0n) is 21.7. The molecule has 2 heterocycles. The zero-order chi connectivity index (χ0) is 26.0. The van der Waals surface area contributed by atoms with Crippen molar-refractivity contribution in [3.8, 4) is 11.1 Å². The van der Waals surface area contributed by atoms with Gasteiger partial charge in [-0.05, 0) is 67.7 Å². The fourth-order valence-corrected chi connectivity index (χ4v) is 4.92. The van der Waals surface area contributed by atoms with Gasteiger partial charge in [0.15, 0.2) is 0 Å². The highest BCUT2D eigenvalue weighted by molar-refractivity contribution is 6.05. The van der Waals surface area contributed by atoms with Crippen molar-refractivity contribution in [3.05, 3.63) is 58.7 Å². The Hall–Kier alpha value is -3.45. The van der Waals surface area contributed by atoms with Crippen LogP contribution in [0.2, 0.25) is 0 Å². The lowest BCUT2D eigenvalue weighted by molar-refractivity contribution is -0.127. The predicted molar refractivity (Wildman–Crippen MR) is 144 cm³/mol. The van der Waals surface area contributed by atoms with E-state index in [1.807, 2.05) is 47.4 Å². The molecular formula is C29H36N4O3. The molecule has 0 fully saturated rings. The van der Waals surface area contributed by atoms with Crippen LogP contribution in [0.3, 0.4) is 0 Å². The molecule has 4 rings (SSSR count). The van der Waals surface area contributed by atoms with Crippen LogP contribution in [0.5, 0.6) is 0 Å². The highest BCUT2D eigenvalue weighted by Crippen LogP contribution is 2.34. The summed E-state index contributed by atoms with van der Waals surface area (Å²) in [6.07, 6.45) is 4.05. The fourth-order valence-electron chi connectivity index (χ4n) is 4.92. The van der Waals surface area contributed by atoms with E-state index in [1.54, 1.807) is 18.7 Å². The third-order valence-corrected chi connectivity index (χ3v) is 6.44. The Kier molecular flexibility index (Phi) is 7.31. The number of nitrogens with zero attached hydrogens (tertiary/aromatic N) is 3. The van der Waals surface area contributed by atoms with Crippen LogP contribution < -0.4 is 5.73 Å². The quantitative estimate of drug-likeness (QED) is 0.571. The van der Waals surface area contributed by atoms with Crippen molar-refractivity contribution in [1.29, 1.82) is 0 Å². The Morgan fingerprint density at radius 3 is 2.44 bits per heavy atom. The van der Waals surface area contributed by atoms with E-state index in [2.05, 4.69) is 18.8 Å². The van der Waals surface area contributed by atoms with Crippen LogP contribution in [0, 0.1) is 0 Å². The summed E-state index contributed by atoms with van der Waals surface area (Å²) in [7, 11) is 0. The van der Waals surface area contributed by atoms with E-state index in [9.17, 15) is 14.7 Å². The second kappa shape index (κ2) is 10.3. The van der Waals surface area contributed by atoms with E-state index in [1.165, 1.54) is 0 Å². The van der Waals surface area contributed by atoms with Crippen molar-refractivity contribution < 1.29 is 14.7 Å². The molecule has 2 aliphatic rings. The first-order chi connectivity index (χ1) is 17.1. The molecule has 0 saturated carbocycles. The minimum atomic E-state index is -0.951. The summed E-state index contributed by atoms with van der Waals surface area (Å²) in [4.78, 5) is 34.2. The Labute approximate surface area is 213 Å². The van der Waals surface area contributed by atoms with E-state index in [0.29, 0.717) is 29.9 Å². The van der Waals surface area contributed by atoms with Gasteiger partial charge < -0.3 is 20.6 Å². The smallest absolute Gasteiger partial charge is 0.254 e. The summed E-state index contributed by atoms with van der Waals surface area (Å²) in [6, 6.07) is 11.8. The number of amidine groups is 1. The summed E-state index contributed by atoms with van der Waals surface area (Å²) < 4.78 is 0. The van der Waals surface area contributed by atoms with Gasteiger partial charge in [0.25, 0.3) is 5.91 Å². The van der Waals surface area contributed by atoms with E-state index >= 15 is 0 Å². The van der Waals surface area contributed by atoms with Gasteiger partial charge in [-0.3, -0.25) is 9.59 Å². The van der Waals surface area contributed by atoms with Crippen LogP contribution in [-0.4, -0.2) is 57.8 Å². The molecule has 190 valence electrons. The molecule has 3 N–H and O–H groups in total. The Morgan fingerprint density at radius 1 is 1.11 bits per heavy atom. The molecule has 0 saturated heterocycles. The second-order valence-corrected chi connectivity index (χ2v) is 10.4. The molecule has 7 nitrogen and oxygen atoms in total. The van der Waals surface area contributed by atoms with E-state index in [0.717, 1.165) is 53.9 Å². The normalized spacial score (nSPS) is 15.1. The summed E-state index contributed by atoms with van der Waals surface area (Å²) in [5, 5.41) is 10.2. The molecule has 0 aromatic heterocycles. The van der Waals surface area contributed by atoms with Gasteiger partial charge in [0.05, 0.1) is 11.3 Å². The van der Waals surface area contributed by atoms with Gasteiger partial charge in [-0.25, -0.2) is 4.99 Å².